The molecule has 150 heavy (non-hydrogen) atoms. The first kappa shape index (κ1) is 99.3. The van der Waals surface area contributed by atoms with Crippen LogP contribution in [0.5, 0.6) is 34.5 Å². The zero-order chi connectivity index (χ0) is 104. The Bertz CT molecular complexity index is 8310. The molecule has 1 saturated carbocycles. The van der Waals surface area contributed by atoms with Gasteiger partial charge in [0.1, 0.15) is 84.9 Å². The van der Waals surface area contributed by atoms with Crippen LogP contribution in [0.3, 0.4) is 0 Å². The predicted molar refractivity (Wildman–Crippen MR) is 573 cm³/mol. The molecule has 754 valence electrons. The number of ether oxygens (including phenoxy) is 8. The average Bonchev–Trinajstić information content (AvgIpc) is 1.55. The minimum atomic E-state index is -0.542. The van der Waals surface area contributed by atoms with Gasteiger partial charge in [-0.2, -0.15) is 0 Å². The number of amides is 6. The van der Waals surface area contributed by atoms with Gasteiger partial charge in [-0.05, 0) is 297 Å². The molecule has 6 amide bonds. The second-order valence-corrected chi connectivity index (χ2v) is 38.0. The Balaban J connectivity index is 0.000000113. The molecule has 6 atom stereocenters. The number of cyclic esters (lactones) is 1. The maximum absolute atomic E-state index is 11.7. The molecule has 18 aromatic rings. The minimum Gasteiger partial charge on any atom is -0.495 e. The van der Waals surface area contributed by atoms with Crippen molar-refractivity contribution in [2.24, 2.45) is 35.0 Å². The number of hydrogen-bond donors (Lipinski definition) is 8. The fourth-order valence-electron chi connectivity index (χ4n) is 18.9. The highest BCUT2D eigenvalue weighted by atomic mass is 35.5. The summed E-state index contributed by atoms with van der Waals surface area (Å²) in [4.78, 5) is 109. The summed E-state index contributed by atoms with van der Waals surface area (Å²) in [7, 11) is 1.62. The summed E-state index contributed by atoms with van der Waals surface area (Å²) < 4.78 is 49.2. The van der Waals surface area contributed by atoms with E-state index in [4.69, 9.17) is 66.7 Å². The van der Waals surface area contributed by atoms with Crippen molar-refractivity contribution >= 4 is 119 Å². The first-order valence-corrected chi connectivity index (χ1v) is 49.5. The lowest BCUT2D eigenvalue weighted by molar-refractivity contribution is -0.120. The van der Waals surface area contributed by atoms with E-state index in [-0.39, 0.29) is 79.1 Å². The highest BCUT2D eigenvalue weighted by molar-refractivity contribution is 6.32. The minimum absolute atomic E-state index is 0.0686. The van der Waals surface area contributed by atoms with Crippen molar-refractivity contribution in [3.05, 3.63) is 349 Å². The summed E-state index contributed by atoms with van der Waals surface area (Å²) in [5.41, 5.74) is 39.1. The number of hydrogen-bond acceptors (Lipinski definition) is 25. The fraction of sp³-hybridized carbons (Fsp3) is 0.205. The van der Waals surface area contributed by atoms with Crippen molar-refractivity contribution in [3.8, 4) is 90.1 Å². The molecule has 3 saturated heterocycles. The van der Waals surface area contributed by atoms with Gasteiger partial charge in [-0.25, -0.2) is 9.78 Å². The number of fused-ring (bicyclic) bond motifs is 8. The monoisotopic (exact) mass is 2020 g/mol. The molecule has 4 fully saturated rings. The van der Waals surface area contributed by atoms with Gasteiger partial charge in [0.25, 0.3) is 11.8 Å². The van der Waals surface area contributed by atoms with Gasteiger partial charge < -0.3 is 80.8 Å². The number of rotatable bonds is 24. The molecule has 24 rings (SSSR count). The highest BCUT2D eigenvalue weighted by Crippen LogP contribution is 2.48. The molecule has 0 unspecified atom stereocenters. The van der Waals surface area contributed by atoms with Crippen LogP contribution >= 0.6 is 11.6 Å². The van der Waals surface area contributed by atoms with E-state index >= 15 is 0 Å². The van der Waals surface area contributed by atoms with Crippen LogP contribution in [0.4, 0.5) is 16.2 Å². The van der Waals surface area contributed by atoms with Crippen LogP contribution in [-0.4, -0.2) is 130 Å². The summed E-state index contributed by atoms with van der Waals surface area (Å²) in [6.07, 6.45) is 22.2. The number of carbonyl (C=O) groups is 6. The predicted octanol–water partition coefficient (Wildman–Crippen LogP) is 19.8. The second-order valence-electron chi connectivity index (χ2n) is 37.6. The zero-order valence-electron chi connectivity index (χ0n) is 82.6. The number of halogens is 1. The number of aromatic nitrogens is 10. The van der Waals surface area contributed by atoms with Crippen molar-refractivity contribution in [3.63, 3.8) is 0 Å². The van der Waals surface area contributed by atoms with Crippen molar-refractivity contribution < 1.29 is 66.7 Å². The van der Waals surface area contributed by atoms with Gasteiger partial charge in [0.2, 0.25) is 17.7 Å². The summed E-state index contributed by atoms with van der Waals surface area (Å²) in [5, 5.41) is 19.7. The number of primary amides is 2. The lowest BCUT2D eigenvalue weighted by Crippen LogP contribution is -2.25. The largest absolute Gasteiger partial charge is 0.495 e. The van der Waals surface area contributed by atoms with E-state index in [0.29, 0.717) is 96.2 Å². The number of benzene rings is 8. The number of nitrogens with two attached hydrogens (primary N) is 3. The third-order valence-corrected chi connectivity index (χ3v) is 27.7. The number of carbonyl (C=O) groups excluding carboxylic acids is 6. The molecular weight excluding hydrogens is 1920 g/mol. The molecular formula is C117H105ClN18O14. The first-order valence-electron chi connectivity index (χ1n) is 49.1. The van der Waals surface area contributed by atoms with Crippen LogP contribution < -0.4 is 72.2 Å². The number of nitrogens with one attached hydrogen (secondary N) is 5. The van der Waals surface area contributed by atoms with E-state index in [1.165, 1.54) is 0 Å². The molecule has 6 aliphatic rings. The summed E-state index contributed by atoms with van der Waals surface area (Å²) in [6.45, 7) is 14.7. The molecule has 0 radical (unpaired) electrons. The Morgan fingerprint density at radius 1 is 0.453 bits per heavy atom. The van der Waals surface area contributed by atoms with Gasteiger partial charge in [-0.15, -0.1) is 0 Å². The molecule has 1 aliphatic carbocycles. The SMILES string of the molecule is C=C1Nc2ccc(-c3cc(OCc4ncccc4C(N)=O)c4cccnc4c3)cc2CO1.COc1cncc(-c2cc(O[C@H](C)[C@H]3CNC(=O)C3)c3cccnc3c2)c1.C[C@@H](Oc1cc(-c2ccc3c(c2)COC(=O)N3)cc2ncccc12)[C@H]1CNC(=O)C1.Cc1cn2cc(-c3cc(O[C@H](C)[C@H]4CNC(=O)C4)c4cccnc4c3)ccc2n1.NC(=O)c1cccnc1COc1cc(-c2ccc(C3(N)CC3)c(Cl)c2)cc2ncccc12. The van der Waals surface area contributed by atoms with E-state index in [1.54, 1.807) is 87.1 Å². The third-order valence-electron chi connectivity index (χ3n) is 27.4. The first-order chi connectivity index (χ1) is 72.8. The topological polar surface area (TPSA) is 435 Å². The van der Waals surface area contributed by atoms with Crippen LogP contribution in [0.15, 0.2) is 299 Å². The third kappa shape index (κ3) is 22.6. The smallest absolute Gasteiger partial charge is 0.411 e. The van der Waals surface area contributed by atoms with E-state index in [0.717, 1.165) is 180 Å². The van der Waals surface area contributed by atoms with Gasteiger partial charge in [-0.1, -0.05) is 35.9 Å². The molecule has 5 aliphatic heterocycles. The molecule has 11 N–H and O–H groups in total. The quantitative estimate of drug-likeness (QED) is 0.0278. The lowest BCUT2D eigenvalue weighted by Gasteiger charge is -2.22. The summed E-state index contributed by atoms with van der Waals surface area (Å²) in [6, 6.07) is 70.0. The second kappa shape index (κ2) is 43.7. The molecule has 15 heterocycles. The van der Waals surface area contributed by atoms with Crippen LogP contribution in [0.2, 0.25) is 5.02 Å². The Morgan fingerprint density at radius 3 is 1.27 bits per heavy atom. The maximum Gasteiger partial charge on any atom is 0.411 e. The van der Waals surface area contributed by atoms with Crippen molar-refractivity contribution in [2.75, 3.05) is 37.4 Å². The molecule has 8 aromatic carbocycles. The van der Waals surface area contributed by atoms with Gasteiger partial charge in [0.15, 0.2) is 5.88 Å². The van der Waals surface area contributed by atoms with Crippen LogP contribution in [0.25, 0.3) is 116 Å². The molecule has 32 nitrogen and oxygen atoms in total. The number of anilines is 2. The Morgan fingerprint density at radius 2 is 0.847 bits per heavy atom. The van der Waals surface area contributed by atoms with Crippen molar-refractivity contribution in [1.82, 2.24) is 65.2 Å². The number of aryl methyl sites for hydroxylation is 1. The molecule has 10 aromatic heterocycles. The Kier molecular flexibility index (Phi) is 28.9. The summed E-state index contributed by atoms with van der Waals surface area (Å²) >= 11 is 6.57. The fourth-order valence-corrected chi connectivity index (χ4v) is 19.2. The van der Waals surface area contributed by atoms with Gasteiger partial charge >= 0.3 is 6.09 Å². The standard InChI is InChI=1S/C25H21ClN4O2.C25H20N4O3.C23H22N4O2.C23H21N3O4.C21H21N3O3/c26-20-11-15(5-6-19(20)25(28)7-8-25)16-12-21-17(3-1-9-29-21)23(13-16)32-14-22-18(24(27)31)4-2-10-30-22;1-15-29-21-7-6-16(10-18(21)13-31-15)17-11-22-19(4-2-8-27-22)24(12-17)32-14-23-20(25(26)30)5-3-9-28-23;1-14-12-27-13-16(5-6-22(27)26-14)17-8-20-19(4-3-7-24-20)21(9-17)29-15(2)18-10-23(28)25-11-18;1-13(16-10-22(27)25-11-16)30-21-9-15(8-20-18(21)3-2-6-24-20)14-4-5-19-17(7-14)12-29-23(28)26-19;1-13(15-9-21(25)24-11-15)27-20-8-14(7-19-18(20)4-3-5-23-19)16-6-17(26-2)12-22-10-16/h1-6,9-13H,7-8,14,28H2,(H2,27,31);2-12,29H,1,13-14H2,(H2,26,30);3-9,12-13,15,18H,10-11H2,1-2H3,(H,25,28);2-9,13,16H,10-12H2,1H3,(H,25,27)(H,26,28);3-8,10,12-13,15H,9,11H2,1-2H3,(H,24,25)/t;;15-,18-;13-,16-;13-,15-/m..111/s1. The molecule has 0 spiro atoms. The van der Waals surface area contributed by atoms with Gasteiger partial charge in [0, 0.05) is 178 Å². The van der Waals surface area contributed by atoms with Crippen LogP contribution in [-0.2, 0) is 55.8 Å². The lowest BCUT2D eigenvalue weighted by atomic mass is 9.98. The van der Waals surface area contributed by atoms with Crippen molar-refractivity contribution in [1.29, 1.82) is 0 Å². The van der Waals surface area contributed by atoms with Crippen molar-refractivity contribution in [2.45, 2.75) is 110 Å². The zero-order valence-corrected chi connectivity index (χ0v) is 83.3. The van der Waals surface area contributed by atoms with Gasteiger partial charge in [-0.3, -0.25) is 69.2 Å². The number of imidazole rings is 1. The van der Waals surface area contributed by atoms with E-state index in [2.05, 4.69) is 108 Å². The number of nitrogens with zero attached hydrogens (tertiary/aromatic N) is 10. The maximum atomic E-state index is 11.7. The van der Waals surface area contributed by atoms with E-state index in [1.807, 2.05) is 208 Å². The summed E-state index contributed by atoms with van der Waals surface area (Å²) in [5.74, 6) is 4.43. The Hall–Kier alpha value is -18.0. The number of methoxy groups -OCH3 is 1. The number of pyridine rings is 9. The van der Waals surface area contributed by atoms with E-state index < -0.39 is 17.9 Å². The van der Waals surface area contributed by atoms with Crippen LogP contribution in [0.1, 0.15) is 107 Å². The Labute approximate surface area is 866 Å². The molecule has 0 bridgehead atoms. The van der Waals surface area contributed by atoms with Gasteiger partial charge in [0.05, 0.1) is 74.8 Å². The highest BCUT2D eigenvalue weighted by Gasteiger charge is 2.42. The molecule has 33 heteroatoms. The normalized spacial score (nSPS) is 16.1. The average molecular weight is 2020 g/mol. The van der Waals surface area contributed by atoms with Crippen LogP contribution in [0, 0.1) is 24.7 Å². The van der Waals surface area contributed by atoms with E-state index in [9.17, 15) is 28.8 Å².